The van der Waals surface area contributed by atoms with E-state index in [1.54, 1.807) is 12.1 Å². The van der Waals surface area contributed by atoms with Crippen LogP contribution >= 0.6 is 11.6 Å². The molecule has 35 heavy (non-hydrogen) atoms. The number of carbonyl (C=O) groups excluding carboxylic acids is 2. The highest BCUT2D eigenvalue weighted by molar-refractivity contribution is 6.31. The molecule has 3 aromatic rings. The Kier molecular flexibility index (Phi) is 9.38. The van der Waals surface area contributed by atoms with Crippen LogP contribution in [0.2, 0.25) is 5.02 Å². The fourth-order valence-electron chi connectivity index (χ4n) is 3.72. The molecular formula is C28H29ClF2N2O2. The van der Waals surface area contributed by atoms with Crippen LogP contribution in [0.25, 0.3) is 0 Å². The molecule has 1 N–H and O–H groups in total. The molecule has 0 bridgehead atoms. The third kappa shape index (κ3) is 7.62. The zero-order chi connectivity index (χ0) is 25.4. The minimum Gasteiger partial charge on any atom is -0.354 e. The van der Waals surface area contributed by atoms with Gasteiger partial charge in [0.15, 0.2) is 0 Å². The van der Waals surface area contributed by atoms with Crippen LogP contribution in [0.4, 0.5) is 8.78 Å². The molecular weight excluding hydrogens is 470 g/mol. The topological polar surface area (TPSA) is 49.4 Å². The first-order valence-corrected chi connectivity index (χ1v) is 11.9. The Labute approximate surface area is 209 Å². The van der Waals surface area contributed by atoms with Crippen LogP contribution < -0.4 is 5.32 Å². The predicted octanol–water partition coefficient (Wildman–Crippen LogP) is 5.57. The van der Waals surface area contributed by atoms with Crippen molar-refractivity contribution in [3.8, 4) is 0 Å². The molecule has 0 radical (unpaired) electrons. The van der Waals surface area contributed by atoms with E-state index in [1.165, 1.54) is 35.2 Å². The summed E-state index contributed by atoms with van der Waals surface area (Å²) in [4.78, 5) is 28.4. The second kappa shape index (κ2) is 12.5. The number of halogens is 3. The molecule has 0 saturated carbocycles. The van der Waals surface area contributed by atoms with Crippen molar-refractivity contribution in [3.05, 3.63) is 106 Å². The summed E-state index contributed by atoms with van der Waals surface area (Å²) in [6.07, 6.45) is -0.0435. The monoisotopic (exact) mass is 498 g/mol. The van der Waals surface area contributed by atoms with Gasteiger partial charge in [0, 0.05) is 30.1 Å². The van der Waals surface area contributed by atoms with Crippen LogP contribution in [-0.2, 0) is 29.0 Å². The summed E-state index contributed by atoms with van der Waals surface area (Å²) in [7, 11) is 0. The highest BCUT2D eigenvalue weighted by atomic mass is 35.5. The van der Waals surface area contributed by atoms with Crippen molar-refractivity contribution in [2.24, 2.45) is 5.92 Å². The Balaban J connectivity index is 1.98. The molecule has 1 atom stereocenters. The number of nitrogens with one attached hydrogen (secondary N) is 1. The van der Waals surface area contributed by atoms with E-state index >= 15 is 0 Å². The van der Waals surface area contributed by atoms with Gasteiger partial charge in [-0.2, -0.15) is 0 Å². The maximum Gasteiger partial charge on any atom is 0.243 e. The van der Waals surface area contributed by atoms with Gasteiger partial charge in [-0.25, -0.2) is 8.78 Å². The van der Waals surface area contributed by atoms with Crippen molar-refractivity contribution in [2.75, 3.05) is 6.54 Å². The highest BCUT2D eigenvalue weighted by Crippen LogP contribution is 2.22. The second-order valence-corrected chi connectivity index (χ2v) is 9.28. The lowest BCUT2D eigenvalue weighted by atomic mass is 10.0. The molecule has 7 heteroatoms. The van der Waals surface area contributed by atoms with E-state index < -0.39 is 23.6 Å². The SMILES string of the molecule is CC(C)CNC(=O)[C@@H](Cc1ccccc1)N(Cc1ccc(F)cc1)C(=O)Cc1c(F)cccc1Cl. The fourth-order valence-corrected chi connectivity index (χ4v) is 3.95. The molecule has 0 fully saturated rings. The number of rotatable bonds is 10. The summed E-state index contributed by atoms with van der Waals surface area (Å²) in [5.74, 6) is -1.54. The van der Waals surface area contributed by atoms with Gasteiger partial charge in [0.05, 0.1) is 6.42 Å². The van der Waals surface area contributed by atoms with E-state index in [1.807, 2.05) is 44.2 Å². The highest BCUT2D eigenvalue weighted by Gasteiger charge is 2.31. The lowest BCUT2D eigenvalue weighted by Gasteiger charge is -2.32. The summed E-state index contributed by atoms with van der Waals surface area (Å²) < 4.78 is 28.0. The standard InChI is InChI=1S/C28H29ClF2N2O2/c1-19(2)17-32-28(35)26(15-20-7-4-3-5-8-20)33(18-21-11-13-22(30)14-12-21)27(34)16-23-24(29)9-6-10-25(23)31/h3-14,19,26H,15-18H2,1-2H3,(H,32,35)/t26-/m1/s1. The van der Waals surface area contributed by atoms with E-state index in [2.05, 4.69) is 5.32 Å². The van der Waals surface area contributed by atoms with Crippen molar-refractivity contribution in [2.45, 2.75) is 39.3 Å². The first-order valence-electron chi connectivity index (χ1n) is 11.5. The van der Waals surface area contributed by atoms with Crippen LogP contribution in [0.1, 0.15) is 30.5 Å². The number of benzene rings is 3. The first-order chi connectivity index (χ1) is 16.7. The normalized spacial score (nSPS) is 11.8. The van der Waals surface area contributed by atoms with Crippen LogP contribution in [0.15, 0.2) is 72.8 Å². The van der Waals surface area contributed by atoms with Crippen molar-refractivity contribution in [1.82, 2.24) is 10.2 Å². The number of hydrogen-bond acceptors (Lipinski definition) is 2. The van der Waals surface area contributed by atoms with Crippen LogP contribution in [0.3, 0.4) is 0 Å². The van der Waals surface area contributed by atoms with Crippen LogP contribution in [0.5, 0.6) is 0 Å². The van der Waals surface area contributed by atoms with E-state index in [0.29, 0.717) is 12.1 Å². The van der Waals surface area contributed by atoms with Crippen molar-refractivity contribution in [3.63, 3.8) is 0 Å². The minimum atomic E-state index is -0.862. The average molecular weight is 499 g/mol. The summed E-state index contributed by atoms with van der Waals surface area (Å²) in [5.41, 5.74) is 1.59. The number of hydrogen-bond donors (Lipinski definition) is 1. The lowest BCUT2D eigenvalue weighted by molar-refractivity contribution is -0.140. The molecule has 0 heterocycles. The predicted molar refractivity (Wildman–Crippen MR) is 134 cm³/mol. The van der Waals surface area contributed by atoms with Gasteiger partial charge < -0.3 is 10.2 Å². The van der Waals surface area contributed by atoms with Gasteiger partial charge in [0.25, 0.3) is 0 Å². The molecule has 0 aliphatic rings. The maximum absolute atomic E-state index is 14.5. The molecule has 3 aromatic carbocycles. The molecule has 0 spiro atoms. The van der Waals surface area contributed by atoms with Gasteiger partial charge in [-0.1, -0.05) is 74.0 Å². The van der Waals surface area contributed by atoms with E-state index in [9.17, 15) is 18.4 Å². The number of carbonyl (C=O) groups is 2. The van der Waals surface area contributed by atoms with E-state index in [4.69, 9.17) is 11.6 Å². The third-order valence-corrected chi connectivity index (χ3v) is 5.97. The fraction of sp³-hybridized carbons (Fsp3) is 0.286. The quantitative estimate of drug-likeness (QED) is 0.397. The van der Waals surface area contributed by atoms with E-state index in [0.717, 1.165) is 5.56 Å². The van der Waals surface area contributed by atoms with E-state index in [-0.39, 0.29) is 41.8 Å². The Morgan fingerprint density at radius 2 is 1.60 bits per heavy atom. The van der Waals surface area contributed by atoms with Gasteiger partial charge in [-0.15, -0.1) is 0 Å². The Morgan fingerprint density at radius 1 is 0.914 bits per heavy atom. The summed E-state index contributed by atoms with van der Waals surface area (Å²) in [6, 6.07) is 18.5. The van der Waals surface area contributed by atoms with Gasteiger partial charge >= 0.3 is 0 Å². The Morgan fingerprint density at radius 3 is 2.23 bits per heavy atom. The van der Waals surface area contributed by atoms with Crippen LogP contribution in [0, 0.1) is 17.6 Å². The van der Waals surface area contributed by atoms with Gasteiger partial charge in [0.1, 0.15) is 17.7 Å². The molecule has 184 valence electrons. The minimum absolute atomic E-state index is 0.0534. The maximum atomic E-state index is 14.5. The number of nitrogens with zero attached hydrogens (tertiary/aromatic N) is 1. The largest absolute Gasteiger partial charge is 0.354 e. The summed E-state index contributed by atoms with van der Waals surface area (Å²) >= 11 is 6.18. The van der Waals surface area contributed by atoms with Gasteiger partial charge in [-0.05, 0) is 41.3 Å². The smallest absolute Gasteiger partial charge is 0.243 e. The zero-order valence-corrected chi connectivity index (χ0v) is 20.6. The summed E-state index contributed by atoms with van der Waals surface area (Å²) in [6.45, 7) is 4.46. The zero-order valence-electron chi connectivity index (χ0n) is 19.8. The lowest BCUT2D eigenvalue weighted by Crippen LogP contribution is -2.51. The first kappa shape index (κ1) is 26.4. The molecule has 0 saturated heterocycles. The Bertz CT molecular complexity index is 1120. The molecule has 3 rings (SSSR count). The second-order valence-electron chi connectivity index (χ2n) is 8.87. The molecule has 4 nitrogen and oxygen atoms in total. The average Bonchev–Trinajstić information content (AvgIpc) is 2.84. The van der Waals surface area contributed by atoms with Gasteiger partial charge in [0.2, 0.25) is 11.8 Å². The third-order valence-electron chi connectivity index (χ3n) is 5.61. The van der Waals surface area contributed by atoms with Crippen molar-refractivity contribution >= 4 is 23.4 Å². The molecule has 2 amide bonds. The molecule has 0 aromatic heterocycles. The van der Waals surface area contributed by atoms with Crippen LogP contribution in [-0.4, -0.2) is 29.3 Å². The summed E-state index contributed by atoms with van der Waals surface area (Å²) in [5, 5.41) is 3.07. The molecule has 0 aliphatic carbocycles. The number of amides is 2. The van der Waals surface area contributed by atoms with Crippen molar-refractivity contribution < 1.29 is 18.4 Å². The molecule has 0 aliphatic heterocycles. The van der Waals surface area contributed by atoms with Gasteiger partial charge in [-0.3, -0.25) is 9.59 Å². The Hall–Kier alpha value is -3.25. The van der Waals surface area contributed by atoms with Crippen molar-refractivity contribution in [1.29, 1.82) is 0 Å². The molecule has 0 unspecified atom stereocenters.